The lowest BCUT2D eigenvalue weighted by Gasteiger charge is -2.09. The zero-order chi connectivity index (χ0) is 14.4. The molecule has 1 N–H and O–H groups in total. The van der Waals surface area contributed by atoms with Crippen LogP contribution >= 0.6 is 0 Å². The minimum atomic E-state index is -0.203. The highest BCUT2D eigenvalue weighted by molar-refractivity contribution is 5.91. The molecule has 0 aliphatic rings. The van der Waals surface area contributed by atoms with Crippen LogP contribution in [0.2, 0.25) is 0 Å². The first-order valence-electron chi connectivity index (χ1n) is 6.58. The van der Waals surface area contributed by atoms with Gasteiger partial charge in [-0.15, -0.1) is 0 Å². The van der Waals surface area contributed by atoms with Crippen LogP contribution in [0.15, 0.2) is 48.8 Å². The topological polar surface area (TPSA) is 51.2 Å². The highest BCUT2D eigenvalue weighted by Gasteiger charge is 2.04. The quantitative estimate of drug-likeness (QED) is 0.907. The fourth-order valence-electron chi connectivity index (χ4n) is 1.73. The molecule has 0 fully saturated rings. The maximum absolute atomic E-state index is 11.7. The number of carbonyl (C=O) groups excluding carboxylic acids is 1. The molecule has 0 radical (unpaired) electrons. The van der Waals surface area contributed by atoms with Crippen molar-refractivity contribution < 1.29 is 9.53 Å². The van der Waals surface area contributed by atoms with E-state index in [1.807, 2.05) is 24.3 Å². The summed E-state index contributed by atoms with van der Waals surface area (Å²) in [7, 11) is 0. The van der Waals surface area contributed by atoms with Crippen molar-refractivity contribution in [2.24, 2.45) is 0 Å². The fraction of sp³-hybridized carbons (Fsp3) is 0.250. The van der Waals surface area contributed by atoms with Crippen LogP contribution in [0.3, 0.4) is 0 Å². The number of benzene rings is 1. The Labute approximate surface area is 118 Å². The van der Waals surface area contributed by atoms with E-state index in [1.165, 1.54) is 5.56 Å². The van der Waals surface area contributed by atoms with Crippen LogP contribution in [0.5, 0.6) is 5.75 Å². The SMILES string of the molecule is CC(C)c1ccc(OCC(=O)Nc2cccnc2)cc1. The van der Waals surface area contributed by atoms with Crippen molar-refractivity contribution >= 4 is 11.6 Å². The standard InChI is InChI=1S/C16H18N2O2/c1-12(2)13-5-7-15(8-6-13)20-11-16(19)18-14-4-3-9-17-10-14/h3-10,12H,11H2,1-2H3,(H,18,19). The van der Waals surface area contributed by atoms with E-state index < -0.39 is 0 Å². The Morgan fingerprint density at radius 2 is 2.00 bits per heavy atom. The minimum Gasteiger partial charge on any atom is -0.484 e. The third-order valence-corrected chi connectivity index (χ3v) is 2.86. The number of amides is 1. The van der Waals surface area contributed by atoms with Crippen LogP contribution in [-0.2, 0) is 4.79 Å². The van der Waals surface area contributed by atoms with Crippen LogP contribution in [0, 0.1) is 0 Å². The average Bonchev–Trinajstić information content (AvgIpc) is 2.46. The van der Waals surface area contributed by atoms with E-state index in [0.717, 1.165) is 0 Å². The molecule has 4 nitrogen and oxygen atoms in total. The summed E-state index contributed by atoms with van der Waals surface area (Å²) in [5.74, 6) is 0.972. The summed E-state index contributed by atoms with van der Waals surface area (Å²) in [6, 6.07) is 11.3. The van der Waals surface area contributed by atoms with E-state index >= 15 is 0 Å². The summed E-state index contributed by atoms with van der Waals surface area (Å²) in [6.45, 7) is 4.25. The molecule has 0 spiro atoms. The van der Waals surface area contributed by atoms with Crippen LogP contribution in [0.1, 0.15) is 25.3 Å². The van der Waals surface area contributed by atoms with Crippen molar-refractivity contribution in [1.29, 1.82) is 0 Å². The highest BCUT2D eigenvalue weighted by Crippen LogP contribution is 2.18. The summed E-state index contributed by atoms with van der Waals surface area (Å²) < 4.78 is 5.44. The normalized spacial score (nSPS) is 10.3. The smallest absolute Gasteiger partial charge is 0.262 e. The number of pyridine rings is 1. The van der Waals surface area contributed by atoms with Gasteiger partial charge in [-0.2, -0.15) is 0 Å². The van der Waals surface area contributed by atoms with Gasteiger partial charge in [0.1, 0.15) is 5.75 Å². The Morgan fingerprint density at radius 3 is 2.60 bits per heavy atom. The number of carbonyl (C=O) groups is 1. The molecule has 2 rings (SSSR count). The lowest BCUT2D eigenvalue weighted by Crippen LogP contribution is -2.20. The molecule has 0 saturated heterocycles. The molecule has 0 saturated carbocycles. The van der Waals surface area contributed by atoms with E-state index in [2.05, 4.69) is 24.1 Å². The van der Waals surface area contributed by atoms with Gasteiger partial charge in [-0.3, -0.25) is 9.78 Å². The third-order valence-electron chi connectivity index (χ3n) is 2.86. The van der Waals surface area contributed by atoms with E-state index in [1.54, 1.807) is 24.5 Å². The van der Waals surface area contributed by atoms with E-state index in [4.69, 9.17) is 4.74 Å². The van der Waals surface area contributed by atoms with E-state index in [0.29, 0.717) is 17.4 Å². The number of aromatic nitrogens is 1. The molecule has 2 aromatic rings. The first-order chi connectivity index (χ1) is 9.65. The van der Waals surface area contributed by atoms with Gasteiger partial charge >= 0.3 is 0 Å². The van der Waals surface area contributed by atoms with Crippen LogP contribution in [0.4, 0.5) is 5.69 Å². The van der Waals surface area contributed by atoms with Crippen molar-refractivity contribution in [3.8, 4) is 5.75 Å². The number of nitrogens with one attached hydrogen (secondary N) is 1. The summed E-state index contributed by atoms with van der Waals surface area (Å²) in [5.41, 5.74) is 1.91. The molecule has 0 aliphatic carbocycles. The summed E-state index contributed by atoms with van der Waals surface area (Å²) >= 11 is 0. The monoisotopic (exact) mass is 270 g/mol. The number of ether oxygens (including phenoxy) is 1. The number of rotatable bonds is 5. The van der Waals surface area contributed by atoms with Gasteiger partial charge in [-0.25, -0.2) is 0 Å². The summed E-state index contributed by atoms with van der Waals surface area (Å²) in [5, 5.41) is 2.72. The Morgan fingerprint density at radius 1 is 1.25 bits per heavy atom. The second-order valence-corrected chi connectivity index (χ2v) is 4.80. The first-order valence-corrected chi connectivity index (χ1v) is 6.58. The Kier molecular flexibility index (Phi) is 4.71. The van der Waals surface area contributed by atoms with Crippen LogP contribution in [0.25, 0.3) is 0 Å². The molecular weight excluding hydrogens is 252 g/mol. The molecule has 0 bridgehead atoms. The molecule has 20 heavy (non-hydrogen) atoms. The lowest BCUT2D eigenvalue weighted by atomic mass is 10.0. The molecule has 1 amide bonds. The second kappa shape index (κ2) is 6.70. The first kappa shape index (κ1) is 14.1. The van der Waals surface area contributed by atoms with Gasteiger partial charge in [0, 0.05) is 6.20 Å². The molecule has 1 aromatic heterocycles. The van der Waals surface area contributed by atoms with Gasteiger partial charge in [0.2, 0.25) is 0 Å². The van der Waals surface area contributed by atoms with Gasteiger partial charge in [0.15, 0.2) is 6.61 Å². The fourth-order valence-corrected chi connectivity index (χ4v) is 1.73. The zero-order valence-electron chi connectivity index (χ0n) is 11.7. The van der Waals surface area contributed by atoms with Gasteiger partial charge in [0.05, 0.1) is 11.9 Å². The maximum Gasteiger partial charge on any atom is 0.262 e. The van der Waals surface area contributed by atoms with E-state index in [-0.39, 0.29) is 12.5 Å². The summed E-state index contributed by atoms with van der Waals surface area (Å²) in [6.07, 6.45) is 3.25. The lowest BCUT2D eigenvalue weighted by molar-refractivity contribution is -0.118. The molecule has 0 unspecified atom stereocenters. The maximum atomic E-state index is 11.7. The van der Waals surface area contributed by atoms with Crippen molar-refractivity contribution in [1.82, 2.24) is 4.98 Å². The molecule has 1 heterocycles. The van der Waals surface area contributed by atoms with Gasteiger partial charge in [0.25, 0.3) is 5.91 Å². The molecule has 0 aliphatic heterocycles. The van der Waals surface area contributed by atoms with Crippen LogP contribution < -0.4 is 10.1 Å². The largest absolute Gasteiger partial charge is 0.484 e. The molecule has 4 heteroatoms. The molecule has 1 aromatic carbocycles. The Bertz CT molecular complexity index is 550. The average molecular weight is 270 g/mol. The predicted molar refractivity (Wildman–Crippen MR) is 78.9 cm³/mol. The number of hydrogen-bond acceptors (Lipinski definition) is 3. The minimum absolute atomic E-state index is 0.0179. The van der Waals surface area contributed by atoms with Gasteiger partial charge in [-0.1, -0.05) is 26.0 Å². The van der Waals surface area contributed by atoms with Gasteiger partial charge in [-0.05, 0) is 35.7 Å². The molecule has 104 valence electrons. The van der Waals surface area contributed by atoms with Crippen LogP contribution in [-0.4, -0.2) is 17.5 Å². The molecular formula is C16H18N2O2. The number of anilines is 1. The van der Waals surface area contributed by atoms with Crippen molar-refractivity contribution in [3.05, 3.63) is 54.4 Å². The number of nitrogens with zero attached hydrogens (tertiary/aromatic N) is 1. The van der Waals surface area contributed by atoms with Crippen molar-refractivity contribution in [3.63, 3.8) is 0 Å². The number of hydrogen-bond donors (Lipinski definition) is 1. The van der Waals surface area contributed by atoms with E-state index in [9.17, 15) is 4.79 Å². The highest BCUT2D eigenvalue weighted by atomic mass is 16.5. The second-order valence-electron chi connectivity index (χ2n) is 4.80. The Balaban J connectivity index is 1.84. The predicted octanol–water partition coefficient (Wildman–Crippen LogP) is 3.22. The zero-order valence-corrected chi connectivity index (χ0v) is 11.7. The molecule has 0 atom stereocenters. The van der Waals surface area contributed by atoms with Gasteiger partial charge < -0.3 is 10.1 Å². The summed E-state index contributed by atoms with van der Waals surface area (Å²) in [4.78, 5) is 15.6. The van der Waals surface area contributed by atoms with Crippen molar-refractivity contribution in [2.45, 2.75) is 19.8 Å². The third kappa shape index (κ3) is 4.09. The Hall–Kier alpha value is -2.36. The van der Waals surface area contributed by atoms with Crippen molar-refractivity contribution in [2.75, 3.05) is 11.9 Å².